The molecule has 0 aliphatic heterocycles. The maximum atomic E-state index is 5.50. The van der Waals surface area contributed by atoms with Gasteiger partial charge in [0.05, 0.1) is 5.69 Å². The SMILES string of the molecule is [c]1cccc(OCc2ccccn2)c1. The summed E-state index contributed by atoms with van der Waals surface area (Å²) in [7, 11) is 0. The van der Waals surface area contributed by atoms with Crippen molar-refractivity contribution in [3.63, 3.8) is 0 Å². The molecule has 0 saturated carbocycles. The zero-order valence-corrected chi connectivity index (χ0v) is 7.68. The lowest BCUT2D eigenvalue weighted by molar-refractivity contribution is 0.301. The van der Waals surface area contributed by atoms with Crippen LogP contribution in [-0.2, 0) is 6.61 Å². The van der Waals surface area contributed by atoms with Gasteiger partial charge in [-0.25, -0.2) is 0 Å². The molecule has 1 aromatic heterocycles. The molecule has 69 valence electrons. The summed E-state index contributed by atoms with van der Waals surface area (Å²) in [6, 6.07) is 16.2. The number of benzene rings is 1. The van der Waals surface area contributed by atoms with Crippen LogP contribution < -0.4 is 4.74 Å². The van der Waals surface area contributed by atoms with E-state index in [0.29, 0.717) is 6.61 Å². The Morgan fingerprint density at radius 1 is 1.21 bits per heavy atom. The number of hydrogen-bond donors (Lipinski definition) is 0. The van der Waals surface area contributed by atoms with Crippen LogP contribution >= 0.6 is 0 Å². The van der Waals surface area contributed by atoms with E-state index in [1.165, 1.54) is 0 Å². The minimum Gasteiger partial charge on any atom is -0.487 e. The monoisotopic (exact) mass is 184 g/mol. The van der Waals surface area contributed by atoms with E-state index in [0.717, 1.165) is 11.4 Å². The van der Waals surface area contributed by atoms with Crippen molar-refractivity contribution in [2.75, 3.05) is 0 Å². The first kappa shape index (κ1) is 8.75. The van der Waals surface area contributed by atoms with E-state index in [-0.39, 0.29) is 0 Å². The maximum absolute atomic E-state index is 5.50. The molecule has 1 radical (unpaired) electrons. The topological polar surface area (TPSA) is 22.1 Å². The van der Waals surface area contributed by atoms with Gasteiger partial charge in [0.15, 0.2) is 0 Å². The summed E-state index contributed by atoms with van der Waals surface area (Å²) in [4.78, 5) is 4.16. The molecule has 14 heavy (non-hydrogen) atoms. The average molecular weight is 184 g/mol. The number of rotatable bonds is 3. The largest absolute Gasteiger partial charge is 0.487 e. The summed E-state index contributed by atoms with van der Waals surface area (Å²) in [5.41, 5.74) is 0.927. The molecule has 0 amide bonds. The highest BCUT2D eigenvalue weighted by Crippen LogP contribution is 2.09. The molecule has 2 heteroatoms. The zero-order chi connectivity index (χ0) is 9.64. The highest BCUT2D eigenvalue weighted by atomic mass is 16.5. The number of ether oxygens (including phenoxy) is 1. The molecule has 0 atom stereocenters. The first-order valence-corrected chi connectivity index (χ1v) is 4.44. The zero-order valence-electron chi connectivity index (χ0n) is 7.68. The van der Waals surface area contributed by atoms with Crippen LogP contribution in [0.25, 0.3) is 0 Å². The Balaban J connectivity index is 1.96. The van der Waals surface area contributed by atoms with Crippen LogP contribution in [0.3, 0.4) is 0 Å². The van der Waals surface area contributed by atoms with Gasteiger partial charge in [-0.15, -0.1) is 0 Å². The Hall–Kier alpha value is -1.83. The smallest absolute Gasteiger partial charge is 0.130 e. The second-order valence-electron chi connectivity index (χ2n) is 2.85. The Bertz CT molecular complexity index is 333. The van der Waals surface area contributed by atoms with Gasteiger partial charge in [-0.3, -0.25) is 4.98 Å². The molecule has 2 nitrogen and oxygen atoms in total. The quantitative estimate of drug-likeness (QED) is 0.731. The van der Waals surface area contributed by atoms with Gasteiger partial charge in [0.1, 0.15) is 12.4 Å². The van der Waals surface area contributed by atoms with Crippen molar-refractivity contribution in [3.8, 4) is 5.75 Å². The molecule has 0 bridgehead atoms. The number of aromatic nitrogens is 1. The van der Waals surface area contributed by atoms with Crippen LogP contribution in [0.2, 0.25) is 0 Å². The first-order chi connectivity index (χ1) is 6.95. The molecule has 0 unspecified atom stereocenters. The van der Waals surface area contributed by atoms with E-state index in [9.17, 15) is 0 Å². The summed E-state index contributed by atoms with van der Waals surface area (Å²) >= 11 is 0. The summed E-state index contributed by atoms with van der Waals surface area (Å²) in [6.07, 6.45) is 1.76. The van der Waals surface area contributed by atoms with Gasteiger partial charge in [0.25, 0.3) is 0 Å². The maximum Gasteiger partial charge on any atom is 0.130 e. The fourth-order valence-electron chi connectivity index (χ4n) is 1.11. The minimum atomic E-state index is 0.499. The van der Waals surface area contributed by atoms with E-state index in [4.69, 9.17) is 4.74 Å². The van der Waals surface area contributed by atoms with Crippen molar-refractivity contribution in [2.45, 2.75) is 6.61 Å². The number of nitrogens with zero attached hydrogens (tertiary/aromatic N) is 1. The Kier molecular flexibility index (Phi) is 2.76. The van der Waals surface area contributed by atoms with E-state index in [1.807, 2.05) is 42.5 Å². The van der Waals surface area contributed by atoms with Gasteiger partial charge >= 0.3 is 0 Å². The Labute approximate surface area is 83.2 Å². The molecule has 0 spiro atoms. The second-order valence-corrected chi connectivity index (χ2v) is 2.85. The van der Waals surface area contributed by atoms with Crippen molar-refractivity contribution < 1.29 is 4.74 Å². The van der Waals surface area contributed by atoms with Gasteiger partial charge in [0, 0.05) is 6.20 Å². The van der Waals surface area contributed by atoms with Gasteiger partial charge in [-0.1, -0.05) is 18.2 Å². The van der Waals surface area contributed by atoms with Gasteiger partial charge < -0.3 is 4.74 Å². The molecule has 1 heterocycles. The van der Waals surface area contributed by atoms with Gasteiger partial charge in [-0.05, 0) is 30.3 Å². The average Bonchev–Trinajstić information content (AvgIpc) is 2.29. The molecule has 0 N–H and O–H groups in total. The molecule has 0 aliphatic carbocycles. The summed E-state index contributed by atoms with van der Waals surface area (Å²) < 4.78 is 5.50. The minimum absolute atomic E-state index is 0.499. The van der Waals surface area contributed by atoms with Crippen LogP contribution in [0, 0.1) is 6.07 Å². The second kappa shape index (κ2) is 4.42. The van der Waals surface area contributed by atoms with Crippen LogP contribution in [0.1, 0.15) is 5.69 Å². The van der Waals surface area contributed by atoms with Crippen molar-refractivity contribution in [1.82, 2.24) is 4.98 Å². The molecule has 0 aliphatic rings. The predicted octanol–water partition coefficient (Wildman–Crippen LogP) is 2.46. The van der Waals surface area contributed by atoms with Crippen LogP contribution in [-0.4, -0.2) is 4.98 Å². The first-order valence-electron chi connectivity index (χ1n) is 4.44. The lowest BCUT2D eigenvalue weighted by atomic mass is 10.3. The molecule has 0 saturated heterocycles. The molecular formula is C12H10NO. The molecule has 1 aromatic carbocycles. The number of hydrogen-bond acceptors (Lipinski definition) is 2. The van der Waals surface area contributed by atoms with Crippen molar-refractivity contribution in [3.05, 3.63) is 60.4 Å². The highest BCUT2D eigenvalue weighted by Gasteiger charge is 1.94. The normalized spacial score (nSPS) is 9.71. The molecule has 2 aromatic rings. The molecule has 2 rings (SSSR count). The van der Waals surface area contributed by atoms with Crippen LogP contribution in [0.4, 0.5) is 0 Å². The Morgan fingerprint density at radius 2 is 2.21 bits per heavy atom. The lowest BCUT2D eigenvalue weighted by Crippen LogP contribution is -1.96. The van der Waals surface area contributed by atoms with E-state index < -0.39 is 0 Å². The predicted molar refractivity (Wildman–Crippen MR) is 53.8 cm³/mol. The van der Waals surface area contributed by atoms with Crippen molar-refractivity contribution in [2.24, 2.45) is 0 Å². The Morgan fingerprint density at radius 3 is 2.93 bits per heavy atom. The molecular weight excluding hydrogens is 174 g/mol. The third-order valence-corrected chi connectivity index (χ3v) is 1.79. The third-order valence-electron chi connectivity index (χ3n) is 1.79. The van der Waals surface area contributed by atoms with Gasteiger partial charge in [0.2, 0.25) is 0 Å². The standard InChI is InChI=1S/C12H10NO/c1-2-7-12(8-3-1)14-10-11-6-4-5-9-13-11/h1-2,4-9H,10H2. The van der Waals surface area contributed by atoms with Crippen LogP contribution in [0.5, 0.6) is 5.75 Å². The fraction of sp³-hybridized carbons (Fsp3) is 0.0833. The van der Waals surface area contributed by atoms with E-state index in [1.54, 1.807) is 6.20 Å². The van der Waals surface area contributed by atoms with Crippen molar-refractivity contribution in [1.29, 1.82) is 0 Å². The van der Waals surface area contributed by atoms with Crippen molar-refractivity contribution >= 4 is 0 Å². The lowest BCUT2D eigenvalue weighted by Gasteiger charge is -2.04. The van der Waals surface area contributed by atoms with Gasteiger partial charge in [-0.2, -0.15) is 0 Å². The van der Waals surface area contributed by atoms with E-state index in [2.05, 4.69) is 11.1 Å². The van der Waals surface area contributed by atoms with Crippen LogP contribution in [0.15, 0.2) is 48.7 Å². The summed E-state index contributed by atoms with van der Waals surface area (Å²) in [5.74, 6) is 0.818. The third kappa shape index (κ3) is 2.33. The summed E-state index contributed by atoms with van der Waals surface area (Å²) in [6.45, 7) is 0.499. The van der Waals surface area contributed by atoms with E-state index >= 15 is 0 Å². The fourth-order valence-corrected chi connectivity index (χ4v) is 1.11. The molecule has 0 fully saturated rings. The number of pyridine rings is 1. The summed E-state index contributed by atoms with van der Waals surface area (Å²) in [5, 5.41) is 0. The highest BCUT2D eigenvalue weighted by molar-refractivity contribution is 5.20.